The smallest absolute Gasteiger partial charge is 0.320 e. The first-order valence-corrected chi connectivity index (χ1v) is 4.32. The van der Waals surface area contributed by atoms with Crippen molar-refractivity contribution in [3.05, 3.63) is 34.9 Å². The van der Waals surface area contributed by atoms with Gasteiger partial charge in [-0.1, -0.05) is 17.9 Å². The molecule has 0 aliphatic carbocycles. The van der Waals surface area contributed by atoms with E-state index in [0.29, 0.717) is 5.56 Å². The summed E-state index contributed by atoms with van der Waals surface area (Å²) in [4.78, 5) is 0. The Morgan fingerprint density at radius 2 is 2.00 bits per heavy atom. The van der Waals surface area contributed by atoms with Gasteiger partial charge in [-0.3, -0.25) is 0 Å². The van der Waals surface area contributed by atoms with Crippen LogP contribution in [0, 0.1) is 18.8 Å². The van der Waals surface area contributed by atoms with Crippen LogP contribution in [0.1, 0.15) is 16.7 Å². The topological polar surface area (TPSA) is 26.0 Å². The zero-order chi connectivity index (χ0) is 11.5. The number of benzene rings is 1. The molecular formula is C11H10F3N. The molecule has 0 unspecified atom stereocenters. The normalized spacial score (nSPS) is 10.7. The molecule has 0 atom stereocenters. The van der Waals surface area contributed by atoms with Gasteiger partial charge in [-0.25, -0.2) is 0 Å². The molecule has 80 valence electrons. The van der Waals surface area contributed by atoms with E-state index in [1.54, 1.807) is 6.07 Å². The molecule has 0 saturated carbocycles. The third-order valence-electron chi connectivity index (χ3n) is 1.96. The van der Waals surface area contributed by atoms with Gasteiger partial charge >= 0.3 is 6.18 Å². The minimum absolute atomic E-state index is 0.135. The van der Waals surface area contributed by atoms with Crippen LogP contribution in [0.25, 0.3) is 0 Å². The quantitative estimate of drug-likeness (QED) is 0.657. The standard InChI is InChI=1S/C11H10F3N/c1-8-9(5-3-7-15)4-2-6-10(8)11(12,13)14/h2,4,6H,7,15H2,1H3. The van der Waals surface area contributed by atoms with Crippen molar-refractivity contribution in [2.45, 2.75) is 13.1 Å². The van der Waals surface area contributed by atoms with Crippen molar-refractivity contribution < 1.29 is 13.2 Å². The molecule has 1 aromatic carbocycles. The maximum atomic E-state index is 12.5. The van der Waals surface area contributed by atoms with Gasteiger partial charge in [0.1, 0.15) is 0 Å². The van der Waals surface area contributed by atoms with Crippen LogP contribution in [0.3, 0.4) is 0 Å². The Balaban J connectivity index is 3.23. The van der Waals surface area contributed by atoms with E-state index in [1.807, 2.05) is 0 Å². The van der Waals surface area contributed by atoms with Gasteiger partial charge in [0.05, 0.1) is 12.1 Å². The Labute approximate surface area is 86.1 Å². The molecular weight excluding hydrogens is 203 g/mol. The van der Waals surface area contributed by atoms with E-state index >= 15 is 0 Å². The van der Waals surface area contributed by atoms with Crippen molar-refractivity contribution in [2.24, 2.45) is 5.73 Å². The lowest BCUT2D eigenvalue weighted by Gasteiger charge is -2.10. The van der Waals surface area contributed by atoms with Crippen LogP contribution in [-0.4, -0.2) is 6.54 Å². The highest BCUT2D eigenvalue weighted by Crippen LogP contribution is 2.32. The molecule has 1 rings (SSSR count). The van der Waals surface area contributed by atoms with Crippen LogP contribution >= 0.6 is 0 Å². The van der Waals surface area contributed by atoms with Gasteiger partial charge in [0.2, 0.25) is 0 Å². The summed E-state index contributed by atoms with van der Waals surface area (Å²) in [7, 11) is 0. The predicted molar refractivity (Wildman–Crippen MR) is 52.1 cm³/mol. The molecule has 0 aliphatic heterocycles. The van der Waals surface area contributed by atoms with Crippen molar-refractivity contribution >= 4 is 0 Å². The maximum absolute atomic E-state index is 12.5. The predicted octanol–water partition coefficient (Wildman–Crippen LogP) is 2.32. The van der Waals surface area contributed by atoms with Crippen molar-refractivity contribution in [2.75, 3.05) is 6.54 Å². The monoisotopic (exact) mass is 213 g/mol. The summed E-state index contributed by atoms with van der Waals surface area (Å²) < 4.78 is 37.4. The van der Waals surface area contributed by atoms with Crippen LogP contribution in [0.5, 0.6) is 0 Å². The summed E-state index contributed by atoms with van der Waals surface area (Å²) >= 11 is 0. The van der Waals surface area contributed by atoms with Gasteiger partial charge in [0.25, 0.3) is 0 Å². The fourth-order valence-electron chi connectivity index (χ4n) is 1.22. The van der Waals surface area contributed by atoms with Crippen molar-refractivity contribution in [1.29, 1.82) is 0 Å². The van der Waals surface area contributed by atoms with E-state index in [-0.39, 0.29) is 12.1 Å². The lowest BCUT2D eigenvalue weighted by Crippen LogP contribution is -2.08. The van der Waals surface area contributed by atoms with E-state index in [0.717, 1.165) is 6.07 Å². The molecule has 1 nitrogen and oxygen atoms in total. The first-order chi connectivity index (χ1) is 6.96. The van der Waals surface area contributed by atoms with E-state index in [1.165, 1.54) is 13.0 Å². The molecule has 0 radical (unpaired) electrons. The summed E-state index contributed by atoms with van der Waals surface area (Å²) in [6.07, 6.45) is -4.33. The van der Waals surface area contributed by atoms with Crippen LogP contribution in [0.4, 0.5) is 13.2 Å². The minimum atomic E-state index is -4.33. The number of hydrogen-bond donors (Lipinski definition) is 1. The zero-order valence-electron chi connectivity index (χ0n) is 8.15. The Kier molecular flexibility index (Phi) is 3.38. The van der Waals surface area contributed by atoms with Crippen LogP contribution < -0.4 is 5.73 Å². The second-order valence-electron chi connectivity index (χ2n) is 2.98. The third-order valence-corrected chi connectivity index (χ3v) is 1.96. The Hall–Kier alpha value is -1.47. The Morgan fingerprint density at radius 3 is 2.53 bits per heavy atom. The summed E-state index contributed by atoms with van der Waals surface area (Å²) in [5.74, 6) is 5.14. The SMILES string of the molecule is Cc1c(C#CCN)cccc1C(F)(F)F. The van der Waals surface area contributed by atoms with Crippen LogP contribution in [0.2, 0.25) is 0 Å². The van der Waals surface area contributed by atoms with E-state index in [4.69, 9.17) is 5.73 Å². The molecule has 4 heteroatoms. The van der Waals surface area contributed by atoms with Gasteiger partial charge < -0.3 is 5.73 Å². The van der Waals surface area contributed by atoms with Gasteiger partial charge in [-0.05, 0) is 24.6 Å². The molecule has 0 heterocycles. The number of alkyl halides is 3. The summed E-state index contributed by atoms with van der Waals surface area (Å²) in [5.41, 5.74) is 5.02. The highest BCUT2D eigenvalue weighted by molar-refractivity contribution is 5.45. The van der Waals surface area contributed by atoms with Gasteiger partial charge in [0.15, 0.2) is 0 Å². The second-order valence-corrected chi connectivity index (χ2v) is 2.98. The second kappa shape index (κ2) is 4.37. The van der Waals surface area contributed by atoms with E-state index in [2.05, 4.69) is 11.8 Å². The maximum Gasteiger partial charge on any atom is 0.416 e. The Bertz CT molecular complexity index is 410. The summed E-state index contributed by atoms with van der Waals surface area (Å²) in [6, 6.07) is 3.94. The first kappa shape index (κ1) is 11.6. The zero-order valence-corrected chi connectivity index (χ0v) is 8.15. The summed E-state index contributed by atoms with van der Waals surface area (Å²) in [5, 5.41) is 0. The average molecular weight is 213 g/mol. The molecule has 0 saturated heterocycles. The van der Waals surface area contributed by atoms with Gasteiger partial charge in [-0.2, -0.15) is 13.2 Å². The number of nitrogens with two attached hydrogens (primary N) is 1. The average Bonchev–Trinajstić information content (AvgIpc) is 2.14. The van der Waals surface area contributed by atoms with Crippen molar-refractivity contribution in [1.82, 2.24) is 0 Å². The fraction of sp³-hybridized carbons (Fsp3) is 0.273. The number of halogens is 3. The number of rotatable bonds is 0. The fourth-order valence-corrected chi connectivity index (χ4v) is 1.22. The highest BCUT2D eigenvalue weighted by Gasteiger charge is 2.32. The lowest BCUT2D eigenvalue weighted by molar-refractivity contribution is -0.138. The molecule has 2 N–H and O–H groups in total. The molecule has 0 spiro atoms. The Morgan fingerprint density at radius 1 is 1.33 bits per heavy atom. The van der Waals surface area contributed by atoms with Crippen LogP contribution in [-0.2, 0) is 6.18 Å². The van der Waals surface area contributed by atoms with Crippen LogP contribution in [0.15, 0.2) is 18.2 Å². The van der Waals surface area contributed by atoms with Crippen molar-refractivity contribution in [3.63, 3.8) is 0 Å². The van der Waals surface area contributed by atoms with E-state index in [9.17, 15) is 13.2 Å². The molecule has 0 bridgehead atoms. The largest absolute Gasteiger partial charge is 0.416 e. The molecule has 15 heavy (non-hydrogen) atoms. The summed E-state index contributed by atoms with van der Waals surface area (Å²) in [6.45, 7) is 1.54. The molecule has 0 aliphatic rings. The highest BCUT2D eigenvalue weighted by atomic mass is 19.4. The number of hydrogen-bond acceptors (Lipinski definition) is 1. The molecule has 1 aromatic rings. The third kappa shape index (κ3) is 2.74. The lowest BCUT2D eigenvalue weighted by atomic mass is 10.0. The van der Waals surface area contributed by atoms with Crippen molar-refractivity contribution in [3.8, 4) is 11.8 Å². The minimum Gasteiger partial charge on any atom is -0.320 e. The molecule has 0 amide bonds. The molecule has 0 aromatic heterocycles. The first-order valence-electron chi connectivity index (χ1n) is 4.32. The van der Waals surface area contributed by atoms with Gasteiger partial charge in [0, 0.05) is 5.56 Å². The molecule has 0 fully saturated rings. The van der Waals surface area contributed by atoms with E-state index < -0.39 is 11.7 Å². The van der Waals surface area contributed by atoms with Gasteiger partial charge in [-0.15, -0.1) is 0 Å².